The summed E-state index contributed by atoms with van der Waals surface area (Å²) >= 11 is 0. The second kappa shape index (κ2) is 12.4. The maximum absolute atomic E-state index is 5.96. The molecule has 0 radical (unpaired) electrons. The summed E-state index contributed by atoms with van der Waals surface area (Å²) in [5, 5.41) is 3.13. The first-order valence-electron chi connectivity index (χ1n) is 14.9. The quantitative estimate of drug-likeness (QED) is 0.207. The summed E-state index contributed by atoms with van der Waals surface area (Å²) < 4.78 is 0. The Hall–Kier alpha value is -5.78. The summed E-state index contributed by atoms with van der Waals surface area (Å²) in [5.74, 6) is 1.35. The molecule has 0 unspecified atom stereocenters. The normalized spacial score (nSPS) is 13.3. The van der Waals surface area contributed by atoms with Crippen LogP contribution in [0.5, 0.6) is 0 Å². The first-order chi connectivity index (χ1) is 22.2. The zero-order chi connectivity index (χ0) is 30.6. The molecule has 0 saturated heterocycles. The predicted octanol–water partition coefficient (Wildman–Crippen LogP) is 4.48. The van der Waals surface area contributed by atoms with Gasteiger partial charge in [-0.3, -0.25) is 0 Å². The molecule has 4 aromatic heterocycles. The maximum Gasteiger partial charge on any atom is 0.137 e. The zero-order valence-electron chi connectivity index (χ0n) is 25.0. The fourth-order valence-electron chi connectivity index (χ4n) is 6.01. The van der Waals surface area contributed by atoms with Gasteiger partial charge in [0.25, 0.3) is 0 Å². The van der Waals surface area contributed by atoms with Crippen molar-refractivity contribution in [3.63, 3.8) is 0 Å². The van der Waals surface area contributed by atoms with Crippen molar-refractivity contribution >= 4 is 23.0 Å². The number of aromatic nitrogens is 8. The van der Waals surface area contributed by atoms with Crippen LogP contribution in [0.4, 0.5) is 23.0 Å². The van der Waals surface area contributed by atoms with Gasteiger partial charge in [-0.2, -0.15) is 0 Å². The summed E-state index contributed by atoms with van der Waals surface area (Å²) in [6.45, 7) is 3.72. The Morgan fingerprint density at radius 3 is 1.80 bits per heavy atom. The highest BCUT2D eigenvalue weighted by atomic mass is 15.2. The van der Waals surface area contributed by atoms with E-state index in [1.165, 1.54) is 28.8 Å². The number of rotatable bonds is 7. The lowest BCUT2D eigenvalue weighted by atomic mass is 10.0. The van der Waals surface area contributed by atoms with E-state index in [0.717, 1.165) is 78.5 Å². The fourth-order valence-corrected chi connectivity index (χ4v) is 6.01. The molecule has 0 amide bonds. The molecule has 5 N–H and O–H groups in total. The number of fused-ring (bicyclic) bond motifs is 2. The molecule has 12 nitrogen and oxygen atoms in total. The Morgan fingerprint density at radius 1 is 0.711 bits per heavy atom. The van der Waals surface area contributed by atoms with Crippen LogP contribution in [0.2, 0.25) is 0 Å². The lowest BCUT2D eigenvalue weighted by molar-refractivity contribution is 0.819. The van der Waals surface area contributed by atoms with E-state index in [2.05, 4.69) is 91.4 Å². The Bertz CT molecular complexity index is 1880. The molecule has 0 fully saturated rings. The smallest absolute Gasteiger partial charge is 0.137 e. The lowest BCUT2D eigenvalue weighted by Crippen LogP contribution is -2.19. The van der Waals surface area contributed by atoms with Crippen molar-refractivity contribution in [2.75, 3.05) is 41.0 Å². The van der Waals surface area contributed by atoms with Crippen molar-refractivity contribution in [2.45, 2.75) is 25.9 Å². The SMILES string of the molecule is CNc1ncncc1-c1ccc2c(c1)N(Cc1cnc[nH]1)CC2.Nc1ncncc1-c1ccc2c(c1)N(Cc1cnc[nH]1)CC2. The van der Waals surface area contributed by atoms with Gasteiger partial charge in [0, 0.05) is 67.4 Å². The topological polar surface area (TPSA) is 153 Å². The number of hydrogen-bond donors (Lipinski definition) is 4. The van der Waals surface area contributed by atoms with Gasteiger partial charge in [0.1, 0.15) is 24.3 Å². The van der Waals surface area contributed by atoms with Crippen molar-refractivity contribution in [1.82, 2.24) is 39.9 Å². The average Bonchev–Trinajstić information content (AvgIpc) is 3.91. The van der Waals surface area contributed by atoms with E-state index >= 15 is 0 Å². The minimum atomic E-state index is 0.507. The Kier molecular flexibility index (Phi) is 7.75. The second-order valence-corrected chi connectivity index (χ2v) is 11.0. The fraction of sp³-hybridized carbons (Fsp3) is 0.212. The van der Waals surface area contributed by atoms with Crippen LogP contribution in [0.15, 0.2) is 86.5 Å². The number of nitrogens with one attached hydrogen (secondary N) is 3. The minimum Gasteiger partial charge on any atom is -0.383 e. The van der Waals surface area contributed by atoms with Gasteiger partial charge in [-0.15, -0.1) is 0 Å². The molecule has 0 spiro atoms. The van der Waals surface area contributed by atoms with Crippen molar-refractivity contribution in [2.24, 2.45) is 0 Å². The van der Waals surface area contributed by atoms with E-state index in [9.17, 15) is 0 Å². The molecule has 0 bridgehead atoms. The van der Waals surface area contributed by atoms with Crippen LogP contribution in [0.25, 0.3) is 22.3 Å². The summed E-state index contributed by atoms with van der Waals surface area (Å²) in [5.41, 5.74) is 17.5. The molecule has 2 aliphatic heterocycles. The average molecular weight is 599 g/mol. The van der Waals surface area contributed by atoms with Crippen LogP contribution < -0.4 is 20.9 Å². The monoisotopic (exact) mass is 598 g/mol. The summed E-state index contributed by atoms with van der Waals surface area (Å²) in [6.07, 6.45) is 16.0. The third-order valence-electron chi connectivity index (χ3n) is 8.30. The van der Waals surface area contributed by atoms with E-state index < -0.39 is 0 Å². The molecule has 6 heterocycles. The lowest BCUT2D eigenvalue weighted by Gasteiger charge is -2.19. The third-order valence-corrected chi connectivity index (χ3v) is 8.30. The largest absolute Gasteiger partial charge is 0.383 e. The molecule has 8 rings (SSSR count). The minimum absolute atomic E-state index is 0.507. The number of nitrogens with two attached hydrogens (primary N) is 1. The molecule has 0 atom stereocenters. The molecule has 0 saturated carbocycles. The third kappa shape index (κ3) is 5.90. The number of nitrogen functional groups attached to an aromatic ring is 1. The first-order valence-corrected chi connectivity index (χ1v) is 14.9. The van der Waals surface area contributed by atoms with Crippen LogP contribution in [-0.4, -0.2) is 60.0 Å². The number of anilines is 4. The molecular formula is C33H34N12. The van der Waals surface area contributed by atoms with Gasteiger partial charge in [-0.25, -0.2) is 29.9 Å². The van der Waals surface area contributed by atoms with E-state index in [1.807, 2.05) is 25.6 Å². The van der Waals surface area contributed by atoms with Crippen LogP contribution in [0.1, 0.15) is 22.5 Å². The molecule has 226 valence electrons. The van der Waals surface area contributed by atoms with Gasteiger partial charge < -0.3 is 30.8 Å². The van der Waals surface area contributed by atoms with Crippen LogP contribution in [-0.2, 0) is 25.9 Å². The Morgan fingerprint density at radius 2 is 1.27 bits per heavy atom. The number of benzene rings is 2. The second-order valence-electron chi connectivity index (χ2n) is 11.0. The standard InChI is InChI=1S/C17H18N6.C16H16N6/c1-18-17-15(8-20-11-22-17)13-3-2-12-4-5-23(16(12)6-13)9-14-7-19-10-21-14;17-16-14(7-19-10-21-16)12-2-1-11-3-4-22(15(11)5-12)8-13-6-18-9-20-13/h2-3,6-8,10-11H,4-5,9H2,1H3,(H,19,21)(H,18,20,22);1-2,5-7,9-10H,3-4,8H2,(H,18,20)(H2,17,19,21). The molecule has 45 heavy (non-hydrogen) atoms. The van der Waals surface area contributed by atoms with Gasteiger partial charge in [-0.1, -0.05) is 24.3 Å². The summed E-state index contributed by atoms with van der Waals surface area (Å²) in [6, 6.07) is 13.0. The molecule has 12 heteroatoms. The van der Waals surface area contributed by atoms with Gasteiger partial charge in [0.15, 0.2) is 0 Å². The van der Waals surface area contributed by atoms with Crippen molar-refractivity contribution < 1.29 is 0 Å². The highest BCUT2D eigenvalue weighted by Crippen LogP contribution is 2.36. The van der Waals surface area contributed by atoms with Crippen LogP contribution in [0.3, 0.4) is 0 Å². The summed E-state index contributed by atoms with van der Waals surface area (Å²) in [4.78, 5) is 35.9. The number of imidazole rings is 2. The molecule has 6 aromatic rings. The Labute approximate surface area is 260 Å². The van der Waals surface area contributed by atoms with Crippen molar-refractivity contribution in [1.29, 1.82) is 0 Å². The molecular weight excluding hydrogens is 564 g/mol. The highest BCUT2D eigenvalue weighted by molar-refractivity contribution is 5.79. The van der Waals surface area contributed by atoms with E-state index in [1.54, 1.807) is 25.2 Å². The number of aromatic amines is 2. The van der Waals surface area contributed by atoms with E-state index in [-0.39, 0.29) is 0 Å². The predicted molar refractivity (Wildman–Crippen MR) is 176 cm³/mol. The van der Waals surface area contributed by atoms with Gasteiger partial charge in [0.05, 0.1) is 37.1 Å². The molecule has 2 aliphatic rings. The molecule has 0 aliphatic carbocycles. The van der Waals surface area contributed by atoms with Crippen LogP contribution >= 0.6 is 0 Å². The first kappa shape index (κ1) is 28.0. The van der Waals surface area contributed by atoms with Crippen LogP contribution in [0, 0.1) is 0 Å². The number of H-pyrrole nitrogens is 2. The number of nitrogens with zero attached hydrogens (tertiary/aromatic N) is 8. The number of hydrogen-bond acceptors (Lipinski definition) is 10. The van der Waals surface area contributed by atoms with Crippen molar-refractivity contribution in [3.05, 3.63) is 109 Å². The van der Waals surface area contributed by atoms with Gasteiger partial charge >= 0.3 is 0 Å². The zero-order valence-corrected chi connectivity index (χ0v) is 25.0. The molecule has 2 aromatic carbocycles. The van der Waals surface area contributed by atoms with Crippen molar-refractivity contribution in [3.8, 4) is 22.3 Å². The summed E-state index contributed by atoms with van der Waals surface area (Å²) in [7, 11) is 1.88. The van der Waals surface area contributed by atoms with Gasteiger partial charge in [-0.05, 0) is 47.2 Å². The van der Waals surface area contributed by atoms with E-state index in [4.69, 9.17) is 5.73 Å². The maximum atomic E-state index is 5.96. The highest BCUT2D eigenvalue weighted by Gasteiger charge is 2.22. The van der Waals surface area contributed by atoms with E-state index in [0.29, 0.717) is 5.82 Å². The van der Waals surface area contributed by atoms with Gasteiger partial charge in [0.2, 0.25) is 0 Å². The Balaban J connectivity index is 0.000000145.